The largest absolute Gasteiger partial charge is 0.491 e. The molecule has 0 fully saturated rings. The third-order valence-electron chi connectivity index (χ3n) is 2.69. The number of nitrogens with one attached hydrogen (secondary N) is 1. The van der Waals surface area contributed by atoms with Gasteiger partial charge in [-0.2, -0.15) is 0 Å². The lowest BCUT2D eigenvalue weighted by molar-refractivity contribution is 0.0944. The number of hydrogen-bond donors (Lipinski definition) is 2. The standard InChI is InChI=1S/C15H24N2O3/c1-3-9-20-14-11-12(6-7-13(14)16)15(18)17-8-5-10-19-4-2/h6-7,11H,3-5,8-10,16H2,1-2H3,(H,17,18). The molecular formula is C15H24N2O3. The molecule has 5 nitrogen and oxygen atoms in total. The molecule has 0 bridgehead atoms. The van der Waals surface area contributed by atoms with E-state index in [9.17, 15) is 4.79 Å². The van der Waals surface area contributed by atoms with E-state index in [1.54, 1.807) is 18.2 Å². The first-order valence-corrected chi connectivity index (χ1v) is 7.07. The second-order valence-corrected chi connectivity index (χ2v) is 4.41. The molecule has 0 aliphatic rings. The predicted octanol–water partition coefficient (Wildman–Crippen LogP) is 2.21. The number of anilines is 1. The summed E-state index contributed by atoms with van der Waals surface area (Å²) < 4.78 is 10.7. The lowest BCUT2D eigenvalue weighted by Crippen LogP contribution is -2.25. The number of benzene rings is 1. The summed E-state index contributed by atoms with van der Waals surface area (Å²) in [5.41, 5.74) is 6.92. The summed E-state index contributed by atoms with van der Waals surface area (Å²) in [5, 5.41) is 2.85. The molecule has 5 heteroatoms. The first-order valence-electron chi connectivity index (χ1n) is 7.07. The summed E-state index contributed by atoms with van der Waals surface area (Å²) in [6.07, 6.45) is 1.70. The molecular weight excluding hydrogens is 256 g/mol. The number of carbonyl (C=O) groups is 1. The van der Waals surface area contributed by atoms with E-state index < -0.39 is 0 Å². The van der Waals surface area contributed by atoms with Crippen LogP contribution in [0.15, 0.2) is 18.2 Å². The van der Waals surface area contributed by atoms with E-state index in [-0.39, 0.29) is 5.91 Å². The maximum Gasteiger partial charge on any atom is 0.251 e. The van der Waals surface area contributed by atoms with Crippen molar-refractivity contribution < 1.29 is 14.3 Å². The van der Waals surface area contributed by atoms with E-state index in [2.05, 4.69) is 5.32 Å². The number of hydrogen-bond acceptors (Lipinski definition) is 4. The topological polar surface area (TPSA) is 73.6 Å². The van der Waals surface area contributed by atoms with E-state index in [4.69, 9.17) is 15.2 Å². The highest BCUT2D eigenvalue weighted by Crippen LogP contribution is 2.22. The Morgan fingerprint density at radius 3 is 2.80 bits per heavy atom. The van der Waals surface area contributed by atoms with Crippen molar-refractivity contribution in [2.45, 2.75) is 26.7 Å². The smallest absolute Gasteiger partial charge is 0.251 e. The second kappa shape index (κ2) is 9.20. The molecule has 0 unspecified atom stereocenters. The van der Waals surface area contributed by atoms with E-state index in [1.807, 2.05) is 13.8 Å². The normalized spacial score (nSPS) is 10.3. The molecule has 1 rings (SSSR count). The lowest BCUT2D eigenvalue weighted by Gasteiger charge is -2.10. The highest BCUT2D eigenvalue weighted by molar-refractivity contribution is 5.95. The molecule has 0 atom stereocenters. The predicted molar refractivity (Wildman–Crippen MR) is 80.1 cm³/mol. The van der Waals surface area contributed by atoms with Gasteiger partial charge in [0.05, 0.1) is 12.3 Å². The Morgan fingerprint density at radius 2 is 2.10 bits per heavy atom. The molecule has 0 aliphatic carbocycles. The van der Waals surface area contributed by atoms with Crippen molar-refractivity contribution >= 4 is 11.6 Å². The molecule has 0 aliphatic heterocycles. The molecule has 3 N–H and O–H groups in total. The summed E-state index contributed by atoms with van der Waals surface area (Å²) in [5.74, 6) is 0.441. The van der Waals surface area contributed by atoms with Gasteiger partial charge in [-0.3, -0.25) is 4.79 Å². The maximum atomic E-state index is 12.0. The molecule has 0 saturated carbocycles. The van der Waals surface area contributed by atoms with E-state index in [1.165, 1.54) is 0 Å². The van der Waals surface area contributed by atoms with Gasteiger partial charge in [-0.25, -0.2) is 0 Å². The first-order chi connectivity index (χ1) is 9.69. The van der Waals surface area contributed by atoms with Crippen molar-refractivity contribution in [1.82, 2.24) is 5.32 Å². The van der Waals surface area contributed by atoms with Crippen LogP contribution in [0.25, 0.3) is 0 Å². The average molecular weight is 280 g/mol. The van der Waals surface area contributed by atoms with Crippen LogP contribution in [0, 0.1) is 0 Å². The van der Waals surface area contributed by atoms with Gasteiger partial charge in [0, 0.05) is 25.3 Å². The number of nitrogens with two attached hydrogens (primary N) is 1. The third kappa shape index (κ3) is 5.48. The van der Waals surface area contributed by atoms with Gasteiger partial charge < -0.3 is 20.5 Å². The highest BCUT2D eigenvalue weighted by atomic mass is 16.5. The lowest BCUT2D eigenvalue weighted by atomic mass is 10.1. The number of nitrogen functional groups attached to an aromatic ring is 1. The Bertz CT molecular complexity index is 422. The van der Waals surface area contributed by atoms with Crippen molar-refractivity contribution in [2.75, 3.05) is 32.1 Å². The van der Waals surface area contributed by atoms with Gasteiger partial charge in [0.2, 0.25) is 0 Å². The molecule has 112 valence electrons. The van der Waals surface area contributed by atoms with Crippen LogP contribution >= 0.6 is 0 Å². The maximum absolute atomic E-state index is 12.0. The van der Waals surface area contributed by atoms with Crippen LogP contribution in [0.2, 0.25) is 0 Å². The van der Waals surface area contributed by atoms with Gasteiger partial charge in [0.15, 0.2) is 0 Å². The first kappa shape index (κ1) is 16.3. The summed E-state index contributed by atoms with van der Waals surface area (Å²) in [4.78, 5) is 12.0. The van der Waals surface area contributed by atoms with Crippen LogP contribution in [0.3, 0.4) is 0 Å². The minimum atomic E-state index is -0.122. The molecule has 20 heavy (non-hydrogen) atoms. The Labute approximate surface area is 120 Å². The molecule has 1 aromatic rings. The van der Waals surface area contributed by atoms with Gasteiger partial charge in [0.25, 0.3) is 5.91 Å². The molecule has 1 aromatic carbocycles. The van der Waals surface area contributed by atoms with E-state index >= 15 is 0 Å². The van der Waals surface area contributed by atoms with Crippen molar-refractivity contribution in [1.29, 1.82) is 0 Å². The zero-order chi connectivity index (χ0) is 14.8. The van der Waals surface area contributed by atoms with E-state index in [0.717, 1.165) is 12.8 Å². The van der Waals surface area contributed by atoms with Crippen molar-refractivity contribution in [2.24, 2.45) is 0 Å². The Hall–Kier alpha value is -1.75. The SMILES string of the molecule is CCCOc1cc(C(=O)NCCCOCC)ccc1N. The monoisotopic (exact) mass is 280 g/mol. The van der Waals surface area contributed by atoms with Crippen LogP contribution in [0.1, 0.15) is 37.0 Å². The fourth-order valence-electron chi connectivity index (χ4n) is 1.64. The van der Waals surface area contributed by atoms with Crippen LogP contribution in [0.5, 0.6) is 5.75 Å². The highest BCUT2D eigenvalue weighted by Gasteiger charge is 2.08. The number of rotatable bonds is 9. The minimum absolute atomic E-state index is 0.122. The molecule has 0 aromatic heterocycles. The minimum Gasteiger partial charge on any atom is -0.491 e. The zero-order valence-corrected chi connectivity index (χ0v) is 12.3. The fourth-order valence-corrected chi connectivity index (χ4v) is 1.64. The quantitative estimate of drug-likeness (QED) is 0.537. The van der Waals surface area contributed by atoms with Crippen LogP contribution in [0.4, 0.5) is 5.69 Å². The fraction of sp³-hybridized carbons (Fsp3) is 0.533. The Morgan fingerprint density at radius 1 is 1.30 bits per heavy atom. The van der Waals surface area contributed by atoms with Crippen LogP contribution in [-0.2, 0) is 4.74 Å². The van der Waals surface area contributed by atoms with Crippen molar-refractivity contribution in [3.63, 3.8) is 0 Å². The van der Waals surface area contributed by atoms with Gasteiger partial charge in [-0.05, 0) is 38.0 Å². The van der Waals surface area contributed by atoms with Gasteiger partial charge in [-0.1, -0.05) is 6.92 Å². The number of carbonyl (C=O) groups excluding carboxylic acids is 1. The summed E-state index contributed by atoms with van der Waals surface area (Å²) in [7, 11) is 0. The number of ether oxygens (including phenoxy) is 2. The summed E-state index contributed by atoms with van der Waals surface area (Å²) in [6.45, 7) is 6.50. The van der Waals surface area contributed by atoms with Crippen LogP contribution in [-0.4, -0.2) is 32.3 Å². The Balaban J connectivity index is 2.50. The summed E-state index contributed by atoms with van der Waals surface area (Å²) >= 11 is 0. The zero-order valence-electron chi connectivity index (χ0n) is 12.3. The molecule has 1 amide bonds. The third-order valence-corrected chi connectivity index (χ3v) is 2.69. The average Bonchev–Trinajstić information content (AvgIpc) is 2.46. The molecule has 0 heterocycles. The van der Waals surface area contributed by atoms with Crippen molar-refractivity contribution in [3.8, 4) is 5.75 Å². The molecule has 0 radical (unpaired) electrons. The second-order valence-electron chi connectivity index (χ2n) is 4.41. The van der Waals surface area contributed by atoms with Gasteiger partial charge in [0.1, 0.15) is 5.75 Å². The van der Waals surface area contributed by atoms with Gasteiger partial charge >= 0.3 is 0 Å². The molecule has 0 spiro atoms. The molecule has 0 saturated heterocycles. The summed E-state index contributed by atoms with van der Waals surface area (Å²) in [6, 6.07) is 5.08. The van der Waals surface area contributed by atoms with Crippen molar-refractivity contribution in [3.05, 3.63) is 23.8 Å². The van der Waals surface area contributed by atoms with Crippen LogP contribution < -0.4 is 15.8 Å². The van der Waals surface area contributed by atoms with E-state index in [0.29, 0.717) is 43.4 Å². The van der Waals surface area contributed by atoms with Gasteiger partial charge in [-0.15, -0.1) is 0 Å². The Kier molecular flexibility index (Phi) is 7.50. The number of amides is 1.